The molecular formula is C16H17BrN2. The molecule has 0 aliphatic carbocycles. The van der Waals surface area contributed by atoms with Crippen LogP contribution >= 0.6 is 15.9 Å². The molecule has 0 spiro atoms. The number of hydrogen-bond donors (Lipinski definition) is 1. The van der Waals surface area contributed by atoms with Crippen LogP contribution in [0.5, 0.6) is 0 Å². The molecule has 19 heavy (non-hydrogen) atoms. The van der Waals surface area contributed by atoms with E-state index in [0.717, 1.165) is 30.7 Å². The molecule has 0 aromatic heterocycles. The van der Waals surface area contributed by atoms with Crippen LogP contribution in [-0.4, -0.2) is 13.1 Å². The molecule has 3 rings (SSSR count). The monoisotopic (exact) mass is 316 g/mol. The number of benzene rings is 2. The average Bonchev–Trinajstić information content (AvgIpc) is 2.64. The Kier molecular flexibility index (Phi) is 3.85. The summed E-state index contributed by atoms with van der Waals surface area (Å²) in [6.07, 6.45) is 0. The molecule has 98 valence electrons. The van der Waals surface area contributed by atoms with Crippen LogP contribution in [0.1, 0.15) is 11.1 Å². The van der Waals surface area contributed by atoms with E-state index in [1.165, 1.54) is 16.8 Å². The van der Waals surface area contributed by atoms with Crippen LogP contribution in [0.25, 0.3) is 0 Å². The molecule has 0 saturated heterocycles. The van der Waals surface area contributed by atoms with Gasteiger partial charge in [0.05, 0.1) is 0 Å². The second-order valence-corrected chi connectivity index (χ2v) is 5.77. The Morgan fingerprint density at radius 1 is 1.05 bits per heavy atom. The molecule has 0 amide bonds. The van der Waals surface area contributed by atoms with Crippen molar-refractivity contribution in [2.45, 2.75) is 13.1 Å². The maximum absolute atomic E-state index is 3.49. The predicted octanol–water partition coefficient (Wildman–Crippen LogP) is 3.56. The van der Waals surface area contributed by atoms with E-state index in [1.807, 2.05) is 0 Å². The van der Waals surface area contributed by atoms with Crippen molar-refractivity contribution in [3.63, 3.8) is 0 Å². The molecule has 2 nitrogen and oxygen atoms in total. The highest BCUT2D eigenvalue weighted by atomic mass is 79.9. The van der Waals surface area contributed by atoms with E-state index in [2.05, 4.69) is 74.7 Å². The topological polar surface area (TPSA) is 15.3 Å². The van der Waals surface area contributed by atoms with E-state index in [4.69, 9.17) is 0 Å². The van der Waals surface area contributed by atoms with Gasteiger partial charge in [-0.15, -0.1) is 0 Å². The predicted molar refractivity (Wildman–Crippen MR) is 83.3 cm³/mol. The van der Waals surface area contributed by atoms with E-state index in [9.17, 15) is 0 Å². The van der Waals surface area contributed by atoms with Crippen molar-refractivity contribution in [3.8, 4) is 0 Å². The molecule has 1 aliphatic rings. The van der Waals surface area contributed by atoms with E-state index in [1.54, 1.807) is 0 Å². The second kappa shape index (κ2) is 5.76. The number of nitrogens with zero attached hydrogens (tertiary/aromatic N) is 1. The van der Waals surface area contributed by atoms with Crippen molar-refractivity contribution in [3.05, 3.63) is 64.1 Å². The third-order valence-electron chi connectivity index (χ3n) is 3.49. The van der Waals surface area contributed by atoms with Gasteiger partial charge >= 0.3 is 0 Å². The number of fused-ring (bicyclic) bond motifs is 1. The SMILES string of the molecule is Brc1ccc(CN2CCNCc3ccccc32)cc1. The summed E-state index contributed by atoms with van der Waals surface area (Å²) in [5, 5.41) is 3.48. The largest absolute Gasteiger partial charge is 0.366 e. The van der Waals surface area contributed by atoms with Crippen LogP contribution in [0.2, 0.25) is 0 Å². The number of rotatable bonds is 2. The maximum atomic E-state index is 3.49. The molecule has 3 heteroatoms. The van der Waals surface area contributed by atoms with Crippen LogP contribution in [0, 0.1) is 0 Å². The fraction of sp³-hybridized carbons (Fsp3) is 0.250. The number of halogens is 1. The fourth-order valence-electron chi connectivity index (χ4n) is 2.50. The molecule has 0 fully saturated rings. The van der Waals surface area contributed by atoms with Crippen molar-refractivity contribution in [1.29, 1.82) is 0 Å². The van der Waals surface area contributed by atoms with Gasteiger partial charge in [0, 0.05) is 36.3 Å². The number of anilines is 1. The van der Waals surface area contributed by atoms with Crippen molar-refractivity contribution in [2.24, 2.45) is 0 Å². The Morgan fingerprint density at radius 3 is 2.68 bits per heavy atom. The molecule has 0 unspecified atom stereocenters. The molecule has 0 radical (unpaired) electrons. The van der Waals surface area contributed by atoms with Gasteiger partial charge in [0.2, 0.25) is 0 Å². The van der Waals surface area contributed by atoms with Crippen LogP contribution in [-0.2, 0) is 13.1 Å². The Hall–Kier alpha value is -1.32. The highest BCUT2D eigenvalue weighted by Crippen LogP contribution is 2.24. The summed E-state index contributed by atoms with van der Waals surface area (Å²) in [5.74, 6) is 0. The zero-order valence-electron chi connectivity index (χ0n) is 10.8. The minimum absolute atomic E-state index is 0.964. The standard InChI is InChI=1S/C16H17BrN2/c17-15-7-5-13(6-8-15)12-19-10-9-18-11-14-3-1-2-4-16(14)19/h1-8,18H,9-12H2. The normalized spacial score (nSPS) is 14.9. The number of hydrogen-bond acceptors (Lipinski definition) is 2. The van der Waals surface area contributed by atoms with E-state index >= 15 is 0 Å². The Labute approximate surface area is 122 Å². The highest BCUT2D eigenvalue weighted by Gasteiger charge is 2.14. The zero-order chi connectivity index (χ0) is 13.1. The Balaban J connectivity index is 1.86. The maximum Gasteiger partial charge on any atom is 0.0430 e. The van der Waals surface area contributed by atoms with Gasteiger partial charge in [-0.1, -0.05) is 46.3 Å². The van der Waals surface area contributed by atoms with E-state index in [0.29, 0.717) is 0 Å². The molecule has 0 atom stereocenters. The summed E-state index contributed by atoms with van der Waals surface area (Å²) in [6, 6.07) is 17.3. The summed E-state index contributed by atoms with van der Waals surface area (Å²) in [5.41, 5.74) is 4.09. The van der Waals surface area contributed by atoms with Crippen molar-refractivity contribution < 1.29 is 0 Å². The molecule has 0 saturated carbocycles. The van der Waals surface area contributed by atoms with E-state index in [-0.39, 0.29) is 0 Å². The van der Waals surface area contributed by atoms with Gasteiger partial charge < -0.3 is 10.2 Å². The van der Waals surface area contributed by atoms with Gasteiger partial charge in [-0.2, -0.15) is 0 Å². The van der Waals surface area contributed by atoms with Gasteiger partial charge in [-0.05, 0) is 29.3 Å². The van der Waals surface area contributed by atoms with Gasteiger partial charge in [0.15, 0.2) is 0 Å². The first kappa shape index (κ1) is 12.7. The zero-order valence-corrected chi connectivity index (χ0v) is 12.4. The average molecular weight is 317 g/mol. The van der Waals surface area contributed by atoms with Gasteiger partial charge in [0.25, 0.3) is 0 Å². The lowest BCUT2D eigenvalue weighted by Gasteiger charge is -2.24. The van der Waals surface area contributed by atoms with Crippen LogP contribution < -0.4 is 10.2 Å². The minimum Gasteiger partial charge on any atom is -0.366 e. The number of para-hydroxylation sites is 1. The van der Waals surface area contributed by atoms with Crippen LogP contribution in [0.3, 0.4) is 0 Å². The number of nitrogens with one attached hydrogen (secondary N) is 1. The van der Waals surface area contributed by atoms with Crippen LogP contribution in [0.4, 0.5) is 5.69 Å². The van der Waals surface area contributed by atoms with Crippen molar-refractivity contribution in [1.82, 2.24) is 5.32 Å². The van der Waals surface area contributed by atoms with Gasteiger partial charge in [-0.3, -0.25) is 0 Å². The highest BCUT2D eigenvalue weighted by molar-refractivity contribution is 9.10. The third-order valence-corrected chi connectivity index (χ3v) is 4.02. The first-order valence-corrected chi connectivity index (χ1v) is 7.40. The third kappa shape index (κ3) is 2.99. The summed E-state index contributed by atoms with van der Waals surface area (Å²) >= 11 is 3.49. The fourth-order valence-corrected chi connectivity index (χ4v) is 2.77. The first-order chi connectivity index (χ1) is 9.33. The second-order valence-electron chi connectivity index (χ2n) is 4.85. The molecule has 1 aliphatic heterocycles. The smallest absolute Gasteiger partial charge is 0.0430 e. The first-order valence-electron chi connectivity index (χ1n) is 6.61. The van der Waals surface area contributed by atoms with Gasteiger partial charge in [-0.25, -0.2) is 0 Å². The van der Waals surface area contributed by atoms with Gasteiger partial charge in [0.1, 0.15) is 0 Å². The minimum atomic E-state index is 0.964. The Bertz CT molecular complexity index is 551. The lowest BCUT2D eigenvalue weighted by Crippen LogP contribution is -2.28. The quantitative estimate of drug-likeness (QED) is 0.911. The molecule has 1 N–H and O–H groups in total. The lowest BCUT2D eigenvalue weighted by atomic mass is 10.1. The Morgan fingerprint density at radius 2 is 1.84 bits per heavy atom. The molecule has 2 aromatic rings. The van der Waals surface area contributed by atoms with Crippen molar-refractivity contribution >= 4 is 21.6 Å². The summed E-state index contributed by atoms with van der Waals surface area (Å²) in [6.45, 7) is 4.01. The molecular weight excluding hydrogens is 300 g/mol. The summed E-state index contributed by atoms with van der Waals surface area (Å²) < 4.78 is 1.13. The lowest BCUT2D eigenvalue weighted by molar-refractivity contribution is 0.688. The van der Waals surface area contributed by atoms with E-state index < -0.39 is 0 Å². The summed E-state index contributed by atoms with van der Waals surface area (Å²) in [7, 11) is 0. The molecule has 1 heterocycles. The van der Waals surface area contributed by atoms with Crippen LogP contribution in [0.15, 0.2) is 53.0 Å². The summed E-state index contributed by atoms with van der Waals surface area (Å²) in [4.78, 5) is 2.46. The molecule has 0 bridgehead atoms. The van der Waals surface area contributed by atoms with Crippen molar-refractivity contribution in [2.75, 3.05) is 18.0 Å². The molecule has 2 aromatic carbocycles.